The van der Waals surface area contributed by atoms with Gasteiger partial charge in [0, 0.05) is 19.2 Å². The molecule has 1 aliphatic heterocycles. The van der Waals surface area contributed by atoms with Crippen LogP contribution in [-0.4, -0.2) is 47.5 Å². The van der Waals surface area contributed by atoms with E-state index in [0.29, 0.717) is 11.4 Å². The minimum atomic E-state index is -1.75. The maximum atomic E-state index is 11.9. The molecule has 0 aromatic heterocycles. The van der Waals surface area contributed by atoms with Gasteiger partial charge in [0.05, 0.1) is 7.11 Å². The lowest BCUT2D eigenvalue weighted by Gasteiger charge is -2.34. The first-order valence-electron chi connectivity index (χ1n) is 7.10. The van der Waals surface area contributed by atoms with Crippen LogP contribution in [0.5, 0.6) is 5.75 Å². The maximum Gasteiger partial charge on any atom is 0.354 e. The molecule has 124 valence electrons. The van der Waals surface area contributed by atoms with Gasteiger partial charge in [-0.25, -0.2) is 9.59 Å². The normalized spacial score (nSPS) is 26.0. The molecule has 0 amide bonds. The third-order valence-electron chi connectivity index (χ3n) is 4.29. The van der Waals surface area contributed by atoms with Crippen LogP contribution in [0.15, 0.2) is 34.5 Å². The van der Waals surface area contributed by atoms with E-state index in [1.54, 1.807) is 38.2 Å². The highest BCUT2D eigenvalue weighted by atomic mass is 16.5. The topological polar surface area (TPSA) is 112 Å². The number of rotatable bonds is 6. The molecule has 2 atom stereocenters. The van der Waals surface area contributed by atoms with Crippen LogP contribution in [0.1, 0.15) is 19.8 Å². The zero-order valence-corrected chi connectivity index (χ0v) is 13.2. The van der Waals surface area contributed by atoms with Crippen LogP contribution in [0, 0.1) is 0 Å². The molecule has 0 aliphatic carbocycles. The van der Waals surface area contributed by atoms with Crippen LogP contribution < -0.4 is 9.64 Å². The van der Waals surface area contributed by atoms with Gasteiger partial charge in [-0.1, -0.05) is 6.92 Å². The van der Waals surface area contributed by atoms with Gasteiger partial charge in [-0.2, -0.15) is 10.2 Å². The molecule has 8 heteroatoms. The number of carboxylic acids is 2. The molecule has 0 saturated carbocycles. The van der Waals surface area contributed by atoms with Crippen LogP contribution in [0.4, 0.5) is 5.69 Å². The number of carboxylic acid groups (broad SMARTS) is 2. The van der Waals surface area contributed by atoms with Gasteiger partial charge in [-0.05, 0) is 30.7 Å². The van der Waals surface area contributed by atoms with Gasteiger partial charge in [0.25, 0.3) is 5.66 Å². The third kappa shape index (κ3) is 2.60. The molecule has 0 saturated heterocycles. The summed E-state index contributed by atoms with van der Waals surface area (Å²) in [6, 6.07) is 6.76. The van der Waals surface area contributed by atoms with Gasteiger partial charge in [0.1, 0.15) is 5.75 Å². The van der Waals surface area contributed by atoms with Crippen LogP contribution in [0.25, 0.3) is 0 Å². The van der Waals surface area contributed by atoms with Gasteiger partial charge in [0.15, 0.2) is 5.54 Å². The van der Waals surface area contributed by atoms with E-state index in [1.165, 1.54) is 12.0 Å². The molecule has 2 unspecified atom stereocenters. The summed E-state index contributed by atoms with van der Waals surface area (Å²) < 4.78 is 5.07. The second kappa shape index (κ2) is 5.86. The van der Waals surface area contributed by atoms with Gasteiger partial charge in [-0.3, -0.25) is 0 Å². The fourth-order valence-electron chi connectivity index (χ4n) is 2.59. The minimum Gasteiger partial charge on any atom is -0.497 e. The molecule has 2 rings (SSSR count). The van der Waals surface area contributed by atoms with Crippen molar-refractivity contribution in [2.75, 3.05) is 19.1 Å². The summed E-state index contributed by atoms with van der Waals surface area (Å²) in [6.07, 6.45) is -0.0684. The van der Waals surface area contributed by atoms with E-state index >= 15 is 0 Å². The second-order valence-corrected chi connectivity index (χ2v) is 5.45. The van der Waals surface area contributed by atoms with Gasteiger partial charge < -0.3 is 19.8 Å². The van der Waals surface area contributed by atoms with Crippen molar-refractivity contribution in [2.24, 2.45) is 10.2 Å². The average Bonchev–Trinajstić information content (AvgIpc) is 2.97. The quantitative estimate of drug-likeness (QED) is 0.829. The largest absolute Gasteiger partial charge is 0.497 e. The Kier molecular flexibility index (Phi) is 4.26. The van der Waals surface area contributed by atoms with Crippen molar-refractivity contribution >= 4 is 17.6 Å². The Labute approximate surface area is 133 Å². The molecule has 0 radical (unpaired) electrons. The summed E-state index contributed by atoms with van der Waals surface area (Å²) in [5.41, 5.74) is -2.69. The summed E-state index contributed by atoms with van der Waals surface area (Å²) in [7, 11) is 3.09. The number of benzene rings is 1. The molecule has 0 fully saturated rings. The summed E-state index contributed by atoms with van der Waals surface area (Å²) >= 11 is 0. The standard InChI is InChI=1S/C15H19N3O5/c1-4-14(12(19)20)9-15(13(21)22,17-16-14)18(2)10-5-7-11(23-3)8-6-10/h5-8H,4,9H2,1-3H3,(H,19,20)(H,21,22). The highest BCUT2D eigenvalue weighted by Gasteiger charge is 2.58. The Morgan fingerprint density at radius 1 is 1.22 bits per heavy atom. The first-order chi connectivity index (χ1) is 10.8. The number of aliphatic carboxylic acids is 2. The van der Waals surface area contributed by atoms with Crippen LogP contribution in [-0.2, 0) is 9.59 Å². The van der Waals surface area contributed by atoms with E-state index < -0.39 is 23.1 Å². The Balaban J connectivity index is 2.41. The number of methoxy groups -OCH3 is 1. The molecular formula is C15H19N3O5. The monoisotopic (exact) mass is 321 g/mol. The second-order valence-electron chi connectivity index (χ2n) is 5.45. The van der Waals surface area contributed by atoms with E-state index in [-0.39, 0.29) is 12.8 Å². The number of ether oxygens (including phenoxy) is 1. The molecule has 2 N–H and O–H groups in total. The SMILES string of the molecule is CCC1(C(=O)O)CC(C(=O)O)(N(C)c2ccc(OC)cc2)N=N1. The number of likely N-dealkylation sites (N-methyl/N-ethyl adjacent to an activating group) is 1. The van der Waals surface area contributed by atoms with Crippen LogP contribution >= 0.6 is 0 Å². The average molecular weight is 321 g/mol. The number of hydrogen-bond donors (Lipinski definition) is 2. The highest BCUT2D eigenvalue weighted by Crippen LogP contribution is 2.41. The van der Waals surface area contributed by atoms with Crippen molar-refractivity contribution < 1.29 is 24.5 Å². The van der Waals surface area contributed by atoms with Crippen molar-refractivity contribution in [1.29, 1.82) is 0 Å². The number of azo groups is 1. The predicted molar refractivity (Wildman–Crippen MR) is 81.9 cm³/mol. The first kappa shape index (κ1) is 16.7. The molecular weight excluding hydrogens is 302 g/mol. The van der Waals surface area contributed by atoms with Crippen molar-refractivity contribution in [3.8, 4) is 5.75 Å². The molecule has 0 spiro atoms. The lowest BCUT2D eigenvalue weighted by atomic mass is 9.86. The summed E-state index contributed by atoms with van der Waals surface area (Å²) in [4.78, 5) is 24.8. The zero-order valence-electron chi connectivity index (χ0n) is 13.2. The Hall–Kier alpha value is -2.64. The zero-order chi connectivity index (χ0) is 17.3. The van der Waals surface area contributed by atoms with E-state index in [0.717, 1.165) is 0 Å². The Morgan fingerprint density at radius 2 is 1.83 bits per heavy atom. The molecule has 0 bridgehead atoms. The van der Waals surface area contributed by atoms with Crippen molar-refractivity contribution in [2.45, 2.75) is 31.0 Å². The van der Waals surface area contributed by atoms with Gasteiger partial charge >= 0.3 is 11.9 Å². The number of carbonyl (C=O) groups is 2. The molecule has 23 heavy (non-hydrogen) atoms. The summed E-state index contributed by atoms with van der Waals surface area (Å²) in [5.74, 6) is -1.78. The number of hydrogen-bond acceptors (Lipinski definition) is 6. The highest BCUT2D eigenvalue weighted by molar-refractivity contribution is 5.88. The molecule has 1 aromatic carbocycles. The van der Waals surface area contributed by atoms with Gasteiger partial charge in [-0.15, -0.1) is 0 Å². The fourth-order valence-corrected chi connectivity index (χ4v) is 2.59. The van der Waals surface area contributed by atoms with Crippen LogP contribution in [0.2, 0.25) is 0 Å². The van der Waals surface area contributed by atoms with Crippen LogP contribution in [0.3, 0.4) is 0 Å². The molecule has 8 nitrogen and oxygen atoms in total. The fraction of sp³-hybridized carbons (Fsp3) is 0.467. The van der Waals surface area contributed by atoms with Crippen molar-refractivity contribution in [1.82, 2.24) is 0 Å². The molecule has 1 heterocycles. The number of nitrogens with zero attached hydrogens (tertiary/aromatic N) is 3. The minimum absolute atomic E-state index is 0.164. The van der Waals surface area contributed by atoms with Gasteiger partial charge in [0.2, 0.25) is 0 Å². The lowest BCUT2D eigenvalue weighted by Crippen LogP contribution is -2.54. The summed E-state index contributed by atoms with van der Waals surface area (Å²) in [6.45, 7) is 1.65. The van der Waals surface area contributed by atoms with E-state index in [1.807, 2.05) is 0 Å². The summed E-state index contributed by atoms with van der Waals surface area (Å²) in [5, 5.41) is 26.8. The number of anilines is 1. The Morgan fingerprint density at radius 3 is 2.22 bits per heavy atom. The van der Waals surface area contributed by atoms with E-state index in [9.17, 15) is 19.8 Å². The van der Waals surface area contributed by atoms with E-state index in [2.05, 4.69) is 10.2 Å². The lowest BCUT2D eigenvalue weighted by molar-refractivity contribution is -0.146. The first-order valence-corrected chi connectivity index (χ1v) is 7.10. The Bertz CT molecular complexity index is 645. The third-order valence-corrected chi connectivity index (χ3v) is 4.29. The van der Waals surface area contributed by atoms with E-state index in [4.69, 9.17) is 4.74 Å². The molecule has 1 aliphatic rings. The smallest absolute Gasteiger partial charge is 0.354 e. The molecule has 1 aromatic rings. The van der Waals surface area contributed by atoms with Crippen molar-refractivity contribution in [3.05, 3.63) is 24.3 Å². The van der Waals surface area contributed by atoms with Crippen molar-refractivity contribution in [3.63, 3.8) is 0 Å². The maximum absolute atomic E-state index is 11.9. The predicted octanol–water partition coefficient (Wildman–Crippen LogP) is 2.00.